The molecule has 0 atom stereocenters. The smallest absolute Gasteiger partial charge is 0.335 e. The summed E-state index contributed by atoms with van der Waals surface area (Å²) >= 11 is 0. The zero-order valence-electron chi connectivity index (χ0n) is 13.5. The van der Waals surface area contributed by atoms with E-state index in [1.807, 2.05) is 0 Å². The fourth-order valence-electron chi connectivity index (χ4n) is 2.14. The fraction of sp³-hybridized carbons (Fsp3) is 0.188. The van der Waals surface area contributed by atoms with Gasteiger partial charge >= 0.3 is 5.97 Å². The summed E-state index contributed by atoms with van der Waals surface area (Å²) in [5, 5.41) is 16.9. The Balaban J connectivity index is 1.60. The van der Waals surface area contributed by atoms with E-state index in [-0.39, 0.29) is 12.2 Å². The van der Waals surface area contributed by atoms with Crippen molar-refractivity contribution in [2.75, 3.05) is 5.73 Å². The summed E-state index contributed by atoms with van der Waals surface area (Å²) in [5.41, 5.74) is 7.46. The molecule has 9 heteroatoms. The van der Waals surface area contributed by atoms with E-state index in [1.165, 1.54) is 12.1 Å². The second-order valence-electron chi connectivity index (χ2n) is 5.35. The Morgan fingerprint density at radius 3 is 2.76 bits per heavy atom. The molecule has 3 aromatic rings. The number of aromatic carboxylic acids is 1. The van der Waals surface area contributed by atoms with Crippen LogP contribution in [0.25, 0.3) is 0 Å². The first-order valence-electron chi connectivity index (χ1n) is 7.44. The molecule has 2 aromatic heterocycles. The molecule has 128 valence electrons. The number of nitrogens with zero attached hydrogens (tertiary/aromatic N) is 5. The lowest BCUT2D eigenvalue weighted by Gasteiger charge is -2.05. The third-order valence-corrected chi connectivity index (χ3v) is 3.42. The van der Waals surface area contributed by atoms with Crippen LogP contribution in [0.5, 0.6) is 5.75 Å². The molecule has 25 heavy (non-hydrogen) atoms. The number of carboxylic acids is 1. The Labute approximate surface area is 143 Å². The third kappa shape index (κ3) is 4.08. The number of ether oxygens (including phenoxy) is 1. The highest BCUT2D eigenvalue weighted by molar-refractivity contribution is 5.87. The molecule has 0 saturated heterocycles. The van der Waals surface area contributed by atoms with E-state index >= 15 is 0 Å². The Morgan fingerprint density at radius 1 is 1.32 bits per heavy atom. The molecule has 2 heterocycles. The number of carbonyl (C=O) groups is 1. The molecule has 0 amide bonds. The minimum absolute atomic E-state index is 0.205. The van der Waals surface area contributed by atoms with Crippen molar-refractivity contribution >= 4 is 11.8 Å². The van der Waals surface area contributed by atoms with Gasteiger partial charge in [0.1, 0.15) is 29.7 Å². The van der Waals surface area contributed by atoms with Crippen LogP contribution in [0.1, 0.15) is 27.4 Å². The number of benzene rings is 1. The molecule has 0 aliphatic rings. The Bertz CT molecular complexity index is 891. The van der Waals surface area contributed by atoms with Crippen molar-refractivity contribution in [3.05, 3.63) is 59.3 Å². The summed E-state index contributed by atoms with van der Waals surface area (Å²) in [4.78, 5) is 19.0. The van der Waals surface area contributed by atoms with E-state index in [1.54, 1.807) is 36.1 Å². The van der Waals surface area contributed by atoms with Crippen LogP contribution in [0.15, 0.2) is 36.7 Å². The van der Waals surface area contributed by atoms with Gasteiger partial charge in [0, 0.05) is 11.8 Å². The van der Waals surface area contributed by atoms with E-state index in [4.69, 9.17) is 15.6 Å². The largest absolute Gasteiger partial charge is 0.487 e. The number of aromatic nitrogens is 5. The molecule has 0 aliphatic heterocycles. The first kappa shape index (κ1) is 16.4. The van der Waals surface area contributed by atoms with Gasteiger partial charge in [-0.15, -0.1) is 5.10 Å². The summed E-state index contributed by atoms with van der Waals surface area (Å²) in [5.74, 6) is 0.603. The molecule has 3 N–H and O–H groups in total. The summed E-state index contributed by atoms with van der Waals surface area (Å²) < 4.78 is 7.19. The van der Waals surface area contributed by atoms with Crippen LogP contribution in [-0.4, -0.2) is 36.0 Å². The molecule has 0 saturated carbocycles. The number of aryl methyl sites for hydroxylation is 1. The number of hydrogen-bond donors (Lipinski definition) is 2. The molecule has 9 nitrogen and oxygen atoms in total. The molecular formula is C16H16N6O3. The lowest BCUT2D eigenvalue weighted by Crippen LogP contribution is -2.07. The minimum Gasteiger partial charge on any atom is -0.487 e. The monoisotopic (exact) mass is 340 g/mol. The molecule has 1 aromatic carbocycles. The average Bonchev–Trinajstić information content (AvgIpc) is 3.03. The fourth-order valence-corrected chi connectivity index (χ4v) is 2.14. The van der Waals surface area contributed by atoms with Gasteiger partial charge in [0.2, 0.25) is 0 Å². The predicted molar refractivity (Wildman–Crippen MR) is 88.0 cm³/mol. The number of nitrogen functional groups attached to an aromatic ring is 1. The lowest BCUT2D eigenvalue weighted by molar-refractivity contribution is 0.0697. The number of carboxylic acid groups (broad SMARTS) is 1. The van der Waals surface area contributed by atoms with Gasteiger partial charge in [0.25, 0.3) is 0 Å². The topological polar surface area (TPSA) is 129 Å². The Morgan fingerprint density at radius 2 is 2.08 bits per heavy atom. The van der Waals surface area contributed by atoms with Crippen LogP contribution in [0.3, 0.4) is 0 Å². The molecule has 0 spiro atoms. The number of hydrogen-bond acceptors (Lipinski definition) is 7. The van der Waals surface area contributed by atoms with Crippen molar-refractivity contribution in [1.82, 2.24) is 25.0 Å². The maximum atomic E-state index is 10.8. The maximum Gasteiger partial charge on any atom is 0.335 e. The molecule has 0 radical (unpaired) electrons. The van der Waals surface area contributed by atoms with Crippen LogP contribution in [0.2, 0.25) is 0 Å². The van der Waals surface area contributed by atoms with E-state index in [9.17, 15) is 4.79 Å². The maximum absolute atomic E-state index is 10.8. The summed E-state index contributed by atoms with van der Waals surface area (Å²) in [6.07, 6.45) is 3.41. The second-order valence-corrected chi connectivity index (χ2v) is 5.35. The Kier molecular flexibility index (Phi) is 4.55. The summed E-state index contributed by atoms with van der Waals surface area (Å²) in [7, 11) is 0. The first-order chi connectivity index (χ1) is 12.0. The van der Waals surface area contributed by atoms with Crippen LogP contribution in [0.4, 0.5) is 5.82 Å². The second kappa shape index (κ2) is 6.95. The van der Waals surface area contributed by atoms with Gasteiger partial charge in [-0.25, -0.2) is 19.4 Å². The van der Waals surface area contributed by atoms with Crippen LogP contribution < -0.4 is 10.5 Å². The van der Waals surface area contributed by atoms with Crippen molar-refractivity contribution in [2.24, 2.45) is 0 Å². The highest BCUT2D eigenvalue weighted by atomic mass is 16.5. The van der Waals surface area contributed by atoms with Crippen molar-refractivity contribution < 1.29 is 14.6 Å². The third-order valence-electron chi connectivity index (χ3n) is 3.42. The summed E-state index contributed by atoms with van der Waals surface area (Å²) in [6, 6.07) is 6.15. The standard InChI is InChI=1S/C16H16N6O3/c1-10-18-6-12(15(17)19-10)7-22-8-13(20-21-22)9-25-14-4-2-11(3-5-14)16(23)24/h2-6,8H,7,9H2,1H3,(H,23,24)(H2,17,18,19). The van der Waals surface area contributed by atoms with Gasteiger partial charge in [-0.2, -0.15) is 0 Å². The van der Waals surface area contributed by atoms with E-state index in [0.29, 0.717) is 29.6 Å². The van der Waals surface area contributed by atoms with Crippen LogP contribution in [0, 0.1) is 6.92 Å². The van der Waals surface area contributed by atoms with Crippen molar-refractivity contribution in [3.63, 3.8) is 0 Å². The van der Waals surface area contributed by atoms with Crippen molar-refractivity contribution in [1.29, 1.82) is 0 Å². The molecule has 0 aliphatic carbocycles. The van der Waals surface area contributed by atoms with Gasteiger partial charge in [0.05, 0.1) is 18.3 Å². The lowest BCUT2D eigenvalue weighted by atomic mass is 10.2. The zero-order valence-corrected chi connectivity index (χ0v) is 13.5. The number of rotatable bonds is 6. The summed E-state index contributed by atoms with van der Waals surface area (Å²) in [6.45, 7) is 2.40. The average molecular weight is 340 g/mol. The van der Waals surface area contributed by atoms with Gasteiger partial charge in [-0.05, 0) is 31.2 Å². The predicted octanol–water partition coefficient (Wildman–Crippen LogP) is 1.28. The number of nitrogens with two attached hydrogens (primary N) is 1. The zero-order chi connectivity index (χ0) is 17.8. The molecule has 0 fully saturated rings. The highest BCUT2D eigenvalue weighted by Crippen LogP contribution is 2.14. The molecule has 0 bridgehead atoms. The SMILES string of the molecule is Cc1ncc(Cn2cc(COc3ccc(C(=O)O)cc3)nn2)c(N)n1. The van der Waals surface area contributed by atoms with Gasteiger partial charge in [-0.3, -0.25) is 0 Å². The molecule has 3 rings (SSSR count). The van der Waals surface area contributed by atoms with Gasteiger partial charge in [0.15, 0.2) is 0 Å². The first-order valence-corrected chi connectivity index (χ1v) is 7.44. The van der Waals surface area contributed by atoms with Gasteiger partial charge in [-0.1, -0.05) is 5.21 Å². The van der Waals surface area contributed by atoms with E-state index in [2.05, 4.69) is 20.3 Å². The van der Waals surface area contributed by atoms with Crippen molar-refractivity contribution in [3.8, 4) is 5.75 Å². The van der Waals surface area contributed by atoms with Crippen LogP contribution >= 0.6 is 0 Å². The van der Waals surface area contributed by atoms with E-state index in [0.717, 1.165) is 5.56 Å². The minimum atomic E-state index is -0.978. The van der Waals surface area contributed by atoms with Crippen molar-refractivity contribution in [2.45, 2.75) is 20.1 Å². The highest BCUT2D eigenvalue weighted by Gasteiger charge is 2.07. The van der Waals surface area contributed by atoms with Gasteiger partial charge < -0.3 is 15.6 Å². The molecule has 0 unspecified atom stereocenters. The normalized spacial score (nSPS) is 10.6. The quantitative estimate of drug-likeness (QED) is 0.686. The van der Waals surface area contributed by atoms with Crippen LogP contribution in [-0.2, 0) is 13.2 Å². The number of anilines is 1. The van der Waals surface area contributed by atoms with E-state index < -0.39 is 5.97 Å². The Hall–Kier alpha value is -3.49. The molecular weight excluding hydrogens is 324 g/mol.